The minimum absolute atomic E-state index is 0.182. The lowest BCUT2D eigenvalue weighted by molar-refractivity contribution is 0.0934. The molecule has 1 aromatic carbocycles. The first-order chi connectivity index (χ1) is 13.4. The van der Waals surface area contributed by atoms with Crippen molar-refractivity contribution < 1.29 is 14.3 Å². The molecule has 2 N–H and O–H groups in total. The van der Waals surface area contributed by atoms with Crippen molar-refractivity contribution in [1.29, 1.82) is 0 Å². The molecule has 3 aromatic rings. The van der Waals surface area contributed by atoms with Gasteiger partial charge in [-0.05, 0) is 39.0 Å². The summed E-state index contributed by atoms with van der Waals surface area (Å²) in [6, 6.07) is 5.29. The number of nitrogens with zero attached hydrogens (tertiary/aromatic N) is 3. The maximum absolute atomic E-state index is 12.8. The van der Waals surface area contributed by atoms with E-state index in [1.54, 1.807) is 25.1 Å². The molecule has 0 fully saturated rings. The van der Waals surface area contributed by atoms with Gasteiger partial charge in [-0.15, -0.1) is 0 Å². The smallest absolute Gasteiger partial charge is 0.270 e. The maximum Gasteiger partial charge on any atom is 0.270 e. The highest BCUT2D eigenvalue weighted by Crippen LogP contribution is 2.34. The minimum atomic E-state index is -0.228. The summed E-state index contributed by atoms with van der Waals surface area (Å²) in [5.74, 6) is 1.11. The van der Waals surface area contributed by atoms with E-state index in [2.05, 4.69) is 20.6 Å². The van der Waals surface area contributed by atoms with E-state index in [-0.39, 0.29) is 11.9 Å². The van der Waals surface area contributed by atoms with Crippen molar-refractivity contribution in [2.45, 2.75) is 26.8 Å². The molecule has 0 saturated heterocycles. The standard InChI is InChI=1S/C20H25N5O3/c1-11-18(15-9-14(27-5)7-8-17(15)28-6)23-24-19(11)20(26)22-12(2)16-10-21-25(4)13(16)3/h7-10,12H,1-6H3,(H,22,26)(H,23,24)/t12-/m1/s1. The molecule has 8 heteroatoms. The summed E-state index contributed by atoms with van der Waals surface area (Å²) in [6.07, 6.45) is 1.77. The zero-order chi connectivity index (χ0) is 20.4. The van der Waals surface area contributed by atoms with Crippen molar-refractivity contribution in [3.8, 4) is 22.8 Å². The van der Waals surface area contributed by atoms with Crippen LogP contribution in [0.4, 0.5) is 0 Å². The van der Waals surface area contributed by atoms with Crippen LogP contribution in [0.15, 0.2) is 24.4 Å². The highest BCUT2D eigenvalue weighted by Gasteiger charge is 2.22. The van der Waals surface area contributed by atoms with Crippen molar-refractivity contribution in [3.05, 3.63) is 46.9 Å². The van der Waals surface area contributed by atoms with E-state index in [0.29, 0.717) is 22.9 Å². The van der Waals surface area contributed by atoms with E-state index >= 15 is 0 Å². The van der Waals surface area contributed by atoms with E-state index in [4.69, 9.17) is 9.47 Å². The molecule has 0 aliphatic rings. The third-order valence-corrected chi connectivity index (χ3v) is 4.99. The molecule has 0 unspecified atom stereocenters. The Balaban J connectivity index is 1.89. The second kappa shape index (κ2) is 7.75. The van der Waals surface area contributed by atoms with E-state index < -0.39 is 0 Å². The molecule has 0 aliphatic carbocycles. The second-order valence-electron chi connectivity index (χ2n) is 6.64. The van der Waals surface area contributed by atoms with Gasteiger partial charge in [0.1, 0.15) is 17.2 Å². The van der Waals surface area contributed by atoms with E-state index in [1.165, 1.54) is 0 Å². The number of hydrogen-bond donors (Lipinski definition) is 2. The zero-order valence-electron chi connectivity index (χ0n) is 17.0. The number of carbonyl (C=O) groups is 1. The van der Waals surface area contributed by atoms with Crippen molar-refractivity contribution >= 4 is 5.91 Å². The largest absolute Gasteiger partial charge is 0.497 e. The molecule has 0 radical (unpaired) electrons. The van der Waals surface area contributed by atoms with Gasteiger partial charge in [0.05, 0.1) is 32.2 Å². The van der Waals surface area contributed by atoms with Gasteiger partial charge < -0.3 is 14.8 Å². The Morgan fingerprint density at radius 3 is 2.61 bits per heavy atom. The lowest BCUT2D eigenvalue weighted by Crippen LogP contribution is -2.27. The molecule has 2 aromatic heterocycles. The van der Waals surface area contributed by atoms with Gasteiger partial charge >= 0.3 is 0 Å². The molecule has 0 spiro atoms. The van der Waals surface area contributed by atoms with E-state index in [0.717, 1.165) is 22.4 Å². The summed E-state index contributed by atoms with van der Waals surface area (Å²) in [5, 5.41) is 14.5. The molecular weight excluding hydrogens is 358 g/mol. The predicted molar refractivity (Wildman–Crippen MR) is 106 cm³/mol. The van der Waals surface area contributed by atoms with Crippen molar-refractivity contribution in [1.82, 2.24) is 25.3 Å². The van der Waals surface area contributed by atoms with Crippen LogP contribution < -0.4 is 14.8 Å². The van der Waals surface area contributed by atoms with Gasteiger partial charge in [0.2, 0.25) is 0 Å². The van der Waals surface area contributed by atoms with E-state index in [1.807, 2.05) is 46.0 Å². The van der Waals surface area contributed by atoms with Crippen molar-refractivity contribution in [2.75, 3.05) is 14.2 Å². The summed E-state index contributed by atoms with van der Waals surface area (Å²) >= 11 is 0. The summed E-state index contributed by atoms with van der Waals surface area (Å²) in [4.78, 5) is 12.8. The van der Waals surface area contributed by atoms with Crippen LogP contribution in [0.2, 0.25) is 0 Å². The molecule has 148 valence electrons. The normalized spacial score (nSPS) is 11.9. The Morgan fingerprint density at radius 1 is 1.25 bits per heavy atom. The number of carbonyl (C=O) groups excluding carboxylic acids is 1. The average Bonchev–Trinajstić information content (AvgIpc) is 3.23. The number of H-pyrrole nitrogens is 1. The van der Waals surface area contributed by atoms with Gasteiger partial charge in [-0.25, -0.2) is 0 Å². The Kier molecular flexibility index (Phi) is 5.39. The number of rotatable bonds is 6. The third-order valence-electron chi connectivity index (χ3n) is 4.99. The fourth-order valence-electron chi connectivity index (χ4n) is 3.17. The molecule has 1 atom stereocenters. The first kappa shape index (κ1) is 19.5. The molecule has 0 aliphatic heterocycles. The molecule has 28 heavy (non-hydrogen) atoms. The summed E-state index contributed by atoms with van der Waals surface area (Å²) in [6.45, 7) is 5.76. The highest BCUT2D eigenvalue weighted by atomic mass is 16.5. The van der Waals surface area contributed by atoms with Crippen LogP contribution in [0.3, 0.4) is 0 Å². The quantitative estimate of drug-likeness (QED) is 0.683. The maximum atomic E-state index is 12.8. The highest BCUT2D eigenvalue weighted by molar-refractivity contribution is 5.96. The number of aromatic nitrogens is 4. The van der Waals surface area contributed by atoms with Gasteiger partial charge in [0.15, 0.2) is 0 Å². The van der Waals surface area contributed by atoms with Crippen molar-refractivity contribution in [3.63, 3.8) is 0 Å². The van der Waals surface area contributed by atoms with Gasteiger partial charge in [-0.2, -0.15) is 10.2 Å². The molecule has 3 rings (SSSR count). The molecule has 2 heterocycles. The lowest BCUT2D eigenvalue weighted by Gasteiger charge is -2.13. The Morgan fingerprint density at radius 2 is 2.00 bits per heavy atom. The Bertz CT molecular complexity index is 1010. The van der Waals surface area contributed by atoms with Gasteiger partial charge in [-0.3, -0.25) is 14.6 Å². The monoisotopic (exact) mass is 383 g/mol. The first-order valence-electron chi connectivity index (χ1n) is 8.94. The van der Waals surface area contributed by atoms with E-state index in [9.17, 15) is 4.79 Å². The fourth-order valence-corrected chi connectivity index (χ4v) is 3.17. The number of methoxy groups -OCH3 is 2. The molecule has 0 saturated carbocycles. The Hall–Kier alpha value is -3.29. The number of benzene rings is 1. The summed E-state index contributed by atoms with van der Waals surface area (Å²) in [7, 11) is 5.07. The summed E-state index contributed by atoms with van der Waals surface area (Å²) < 4.78 is 12.5. The molecule has 1 amide bonds. The molecular formula is C20H25N5O3. The van der Waals surface area contributed by atoms with Crippen LogP contribution in [0.5, 0.6) is 11.5 Å². The summed E-state index contributed by atoms with van der Waals surface area (Å²) in [5.41, 5.74) is 4.53. The SMILES string of the molecule is COc1ccc(OC)c(-c2n[nH]c(C(=O)N[C@H](C)c3cnn(C)c3C)c2C)c1. The number of hydrogen-bond acceptors (Lipinski definition) is 5. The molecule has 8 nitrogen and oxygen atoms in total. The van der Waals surface area contributed by atoms with Gasteiger partial charge in [0.25, 0.3) is 5.91 Å². The fraction of sp³-hybridized carbons (Fsp3) is 0.350. The van der Waals surface area contributed by atoms with Gasteiger partial charge in [0, 0.05) is 29.4 Å². The minimum Gasteiger partial charge on any atom is -0.497 e. The van der Waals surface area contributed by atoms with Crippen LogP contribution in [-0.2, 0) is 7.05 Å². The number of aromatic amines is 1. The molecule has 0 bridgehead atoms. The lowest BCUT2D eigenvalue weighted by atomic mass is 10.0. The number of ether oxygens (including phenoxy) is 2. The van der Waals surface area contributed by atoms with Crippen molar-refractivity contribution in [2.24, 2.45) is 7.05 Å². The van der Waals surface area contributed by atoms with Crippen LogP contribution in [0.1, 0.15) is 40.3 Å². The topological polar surface area (TPSA) is 94.1 Å². The first-order valence-corrected chi connectivity index (χ1v) is 8.94. The number of amides is 1. The van der Waals surface area contributed by atoms with Gasteiger partial charge in [-0.1, -0.05) is 0 Å². The Labute approximate surface area is 163 Å². The van der Waals surface area contributed by atoms with Crippen LogP contribution >= 0.6 is 0 Å². The van der Waals surface area contributed by atoms with Crippen LogP contribution in [0.25, 0.3) is 11.3 Å². The zero-order valence-corrected chi connectivity index (χ0v) is 17.0. The average molecular weight is 383 g/mol. The third kappa shape index (κ3) is 3.45. The van der Waals surface area contributed by atoms with Crippen LogP contribution in [-0.4, -0.2) is 40.1 Å². The number of nitrogens with one attached hydrogen (secondary N) is 2. The van der Waals surface area contributed by atoms with Crippen LogP contribution in [0, 0.1) is 13.8 Å². The number of aryl methyl sites for hydroxylation is 1. The predicted octanol–water partition coefficient (Wildman–Crippen LogP) is 2.94. The second-order valence-corrected chi connectivity index (χ2v) is 6.64.